The Kier molecular flexibility index (Phi) is 4.54. The second-order valence-corrected chi connectivity index (χ2v) is 5.94. The van der Waals surface area contributed by atoms with Crippen LogP contribution in [0.1, 0.15) is 27.1 Å². The van der Waals surface area contributed by atoms with Crippen molar-refractivity contribution in [3.63, 3.8) is 0 Å². The third-order valence-corrected chi connectivity index (χ3v) is 4.55. The van der Waals surface area contributed by atoms with Crippen LogP contribution < -0.4 is 4.74 Å². The van der Waals surface area contributed by atoms with E-state index < -0.39 is 0 Å². The summed E-state index contributed by atoms with van der Waals surface area (Å²) in [5.41, 5.74) is 4.88. The summed E-state index contributed by atoms with van der Waals surface area (Å²) in [5, 5.41) is 0.681. The lowest BCUT2D eigenvalue weighted by molar-refractivity contribution is 0.410. The van der Waals surface area contributed by atoms with Crippen LogP contribution in [0, 0.1) is 13.8 Å². The van der Waals surface area contributed by atoms with Crippen LogP contribution in [0.2, 0.25) is 5.02 Å². The molecule has 0 amide bonds. The lowest BCUT2D eigenvalue weighted by Crippen LogP contribution is -1.98. The Bertz CT molecular complexity index is 595. The van der Waals surface area contributed by atoms with Crippen LogP contribution in [0.25, 0.3) is 0 Å². The van der Waals surface area contributed by atoms with E-state index >= 15 is 0 Å². The quantitative estimate of drug-likeness (QED) is 0.676. The van der Waals surface area contributed by atoms with Gasteiger partial charge in [0, 0.05) is 10.6 Å². The zero-order valence-corrected chi connectivity index (χ0v) is 13.5. The first-order valence-corrected chi connectivity index (χ1v) is 7.37. The Morgan fingerprint density at radius 3 is 2.42 bits per heavy atom. The molecule has 19 heavy (non-hydrogen) atoms. The minimum atomic E-state index is 0.0963. The van der Waals surface area contributed by atoms with E-state index in [1.165, 1.54) is 16.7 Å². The average molecular weight is 340 g/mol. The summed E-state index contributed by atoms with van der Waals surface area (Å²) < 4.78 is 5.41. The van der Waals surface area contributed by atoms with Crippen molar-refractivity contribution >= 4 is 27.5 Å². The first kappa shape index (κ1) is 14.4. The Morgan fingerprint density at radius 1 is 1.05 bits per heavy atom. The fourth-order valence-electron chi connectivity index (χ4n) is 2.00. The van der Waals surface area contributed by atoms with Crippen molar-refractivity contribution in [2.75, 3.05) is 7.11 Å². The van der Waals surface area contributed by atoms with Gasteiger partial charge in [0.1, 0.15) is 5.75 Å². The number of halogens is 2. The summed E-state index contributed by atoms with van der Waals surface area (Å²) >= 11 is 9.74. The van der Waals surface area contributed by atoms with Gasteiger partial charge in [0.25, 0.3) is 0 Å². The first-order valence-electron chi connectivity index (χ1n) is 6.07. The number of aryl methyl sites for hydroxylation is 2. The molecule has 2 aromatic carbocycles. The van der Waals surface area contributed by atoms with Crippen molar-refractivity contribution in [2.24, 2.45) is 0 Å². The van der Waals surface area contributed by atoms with E-state index in [0.29, 0.717) is 5.02 Å². The van der Waals surface area contributed by atoms with Crippen molar-refractivity contribution in [1.29, 1.82) is 0 Å². The number of rotatable bonds is 3. The molecule has 100 valence electrons. The number of hydrogen-bond acceptors (Lipinski definition) is 1. The molecule has 0 bridgehead atoms. The van der Waals surface area contributed by atoms with Crippen LogP contribution >= 0.6 is 27.5 Å². The number of alkyl halides is 1. The number of ether oxygens (including phenoxy) is 1. The van der Waals surface area contributed by atoms with Crippen molar-refractivity contribution in [3.05, 3.63) is 63.7 Å². The van der Waals surface area contributed by atoms with Crippen molar-refractivity contribution in [2.45, 2.75) is 18.7 Å². The maximum absolute atomic E-state index is 6.00. The molecule has 2 aromatic rings. The lowest BCUT2D eigenvalue weighted by Gasteiger charge is -2.16. The van der Waals surface area contributed by atoms with Crippen LogP contribution in [-0.4, -0.2) is 7.11 Å². The Morgan fingerprint density at radius 2 is 1.79 bits per heavy atom. The molecule has 0 aromatic heterocycles. The molecule has 0 N–H and O–H groups in total. The second kappa shape index (κ2) is 5.98. The molecule has 0 spiro atoms. The van der Waals surface area contributed by atoms with Crippen LogP contribution in [0.4, 0.5) is 0 Å². The van der Waals surface area contributed by atoms with E-state index in [0.717, 1.165) is 11.3 Å². The van der Waals surface area contributed by atoms with Crippen LogP contribution in [0.3, 0.4) is 0 Å². The fourth-order valence-corrected chi connectivity index (χ4v) is 2.82. The third-order valence-electron chi connectivity index (χ3n) is 3.29. The van der Waals surface area contributed by atoms with Gasteiger partial charge in [-0.05, 0) is 42.7 Å². The van der Waals surface area contributed by atoms with Gasteiger partial charge in [-0.3, -0.25) is 0 Å². The molecule has 1 nitrogen and oxygen atoms in total. The molecule has 0 aliphatic carbocycles. The molecular formula is C16H16BrClO. The predicted octanol–water partition coefficient (Wildman–Crippen LogP) is 5.45. The van der Waals surface area contributed by atoms with E-state index in [9.17, 15) is 0 Å². The molecule has 0 fully saturated rings. The van der Waals surface area contributed by atoms with Crippen molar-refractivity contribution in [1.82, 2.24) is 0 Å². The largest absolute Gasteiger partial charge is 0.496 e. The molecule has 0 saturated heterocycles. The van der Waals surface area contributed by atoms with Gasteiger partial charge < -0.3 is 4.74 Å². The monoisotopic (exact) mass is 338 g/mol. The van der Waals surface area contributed by atoms with Crippen LogP contribution in [-0.2, 0) is 0 Å². The SMILES string of the molecule is COc1cc(Cl)ccc1C(Br)c1ccc(C)c(C)c1. The standard InChI is InChI=1S/C16H16BrClO/c1-10-4-5-12(8-11(10)2)16(17)14-7-6-13(18)9-15(14)19-3/h4-9,16H,1-3H3. The highest BCUT2D eigenvalue weighted by Gasteiger charge is 2.16. The van der Waals surface area contributed by atoms with Gasteiger partial charge in [0.05, 0.1) is 11.9 Å². The summed E-state index contributed by atoms with van der Waals surface area (Å²) in [7, 11) is 1.66. The summed E-state index contributed by atoms with van der Waals surface area (Å²) in [6.45, 7) is 4.24. The van der Waals surface area contributed by atoms with Crippen molar-refractivity contribution in [3.8, 4) is 5.75 Å². The molecule has 1 atom stereocenters. The Balaban J connectivity index is 2.43. The Labute approximate surface area is 127 Å². The van der Waals surface area contributed by atoms with E-state index in [-0.39, 0.29) is 4.83 Å². The highest BCUT2D eigenvalue weighted by atomic mass is 79.9. The average Bonchev–Trinajstić information content (AvgIpc) is 2.41. The van der Waals surface area contributed by atoms with E-state index in [1.54, 1.807) is 7.11 Å². The summed E-state index contributed by atoms with van der Waals surface area (Å²) in [5.74, 6) is 0.799. The minimum absolute atomic E-state index is 0.0963. The van der Waals surface area contributed by atoms with Gasteiger partial charge in [-0.15, -0.1) is 0 Å². The molecule has 0 aliphatic heterocycles. The van der Waals surface area contributed by atoms with Crippen molar-refractivity contribution < 1.29 is 4.74 Å². The molecule has 1 unspecified atom stereocenters. The third kappa shape index (κ3) is 3.13. The van der Waals surface area contributed by atoms with Gasteiger partial charge in [0.2, 0.25) is 0 Å². The predicted molar refractivity (Wildman–Crippen MR) is 84.7 cm³/mol. The molecule has 2 rings (SSSR count). The molecule has 0 heterocycles. The zero-order chi connectivity index (χ0) is 14.0. The number of benzene rings is 2. The molecule has 0 radical (unpaired) electrons. The zero-order valence-electron chi connectivity index (χ0n) is 11.2. The number of methoxy groups -OCH3 is 1. The lowest BCUT2D eigenvalue weighted by atomic mass is 10.00. The van der Waals surface area contributed by atoms with Gasteiger partial charge >= 0.3 is 0 Å². The van der Waals surface area contributed by atoms with Gasteiger partial charge in [0.15, 0.2) is 0 Å². The summed E-state index contributed by atoms with van der Waals surface area (Å²) in [6, 6.07) is 12.2. The maximum atomic E-state index is 6.00. The fraction of sp³-hybridized carbons (Fsp3) is 0.250. The second-order valence-electron chi connectivity index (χ2n) is 4.59. The molecular weight excluding hydrogens is 324 g/mol. The van der Waals surface area contributed by atoms with E-state index in [1.807, 2.05) is 18.2 Å². The number of hydrogen-bond donors (Lipinski definition) is 0. The normalized spacial score (nSPS) is 12.3. The summed E-state index contributed by atoms with van der Waals surface area (Å²) in [6.07, 6.45) is 0. The molecule has 0 saturated carbocycles. The molecule has 0 aliphatic rings. The topological polar surface area (TPSA) is 9.23 Å². The van der Waals surface area contributed by atoms with E-state index in [2.05, 4.69) is 48.0 Å². The molecule has 3 heteroatoms. The smallest absolute Gasteiger partial charge is 0.125 e. The highest BCUT2D eigenvalue weighted by molar-refractivity contribution is 9.09. The summed E-state index contributed by atoms with van der Waals surface area (Å²) in [4.78, 5) is 0.0963. The van der Waals surface area contributed by atoms with Crippen LogP contribution in [0.5, 0.6) is 5.75 Å². The van der Waals surface area contributed by atoms with Gasteiger partial charge in [-0.1, -0.05) is 51.8 Å². The minimum Gasteiger partial charge on any atom is -0.496 e. The first-order chi connectivity index (χ1) is 9.02. The van der Waals surface area contributed by atoms with Crippen LogP contribution in [0.15, 0.2) is 36.4 Å². The van der Waals surface area contributed by atoms with Gasteiger partial charge in [-0.25, -0.2) is 0 Å². The van der Waals surface area contributed by atoms with E-state index in [4.69, 9.17) is 16.3 Å². The maximum Gasteiger partial charge on any atom is 0.125 e. The Hall–Kier alpha value is -0.990. The van der Waals surface area contributed by atoms with Gasteiger partial charge in [-0.2, -0.15) is 0 Å². The highest BCUT2D eigenvalue weighted by Crippen LogP contribution is 2.38.